The minimum absolute atomic E-state index is 0.257. The van der Waals surface area contributed by atoms with Crippen LogP contribution in [0.1, 0.15) is 35.4 Å². The Morgan fingerprint density at radius 1 is 1.14 bits per heavy atom. The SMILES string of the molecule is COCCCNC(=O)CC(=O)N/N=C/c1cc(C)n(-c2ccc(C)cc2)c1C. The Morgan fingerprint density at radius 2 is 1.86 bits per heavy atom. The van der Waals surface area contributed by atoms with Crippen molar-refractivity contribution in [3.8, 4) is 5.69 Å². The average Bonchev–Trinajstić information content (AvgIpc) is 2.93. The Bertz CT molecular complexity index is 838. The molecule has 2 N–H and O–H groups in total. The zero-order valence-corrected chi connectivity index (χ0v) is 16.9. The summed E-state index contributed by atoms with van der Waals surface area (Å²) in [5.74, 6) is -0.783. The van der Waals surface area contributed by atoms with Gasteiger partial charge in [0.05, 0.1) is 6.21 Å². The smallest absolute Gasteiger partial charge is 0.249 e. The summed E-state index contributed by atoms with van der Waals surface area (Å²) in [6.45, 7) is 7.13. The maximum Gasteiger partial charge on any atom is 0.249 e. The standard InChI is InChI=1S/C21H28N4O3/c1-15-6-8-19(9-7-15)25-16(2)12-18(17(25)3)14-23-24-21(27)13-20(26)22-10-5-11-28-4/h6-9,12,14H,5,10-11,13H2,1-4H3,(H,22,26)(H,24,27)/b23-14+. The van der Waals surface area contributed by atoms with Crippen molar-refractivity contribution in [1.29, 1.82) is 0 Å². The number of hydrogen-bond donors (Lipinski definition) is 2. The predicted octanol–water partition coefficient (Wildman–Crippen LogP) is 2.40. The molecule has 0 atom stereocenters. The molecular formula is C21H28N4O3. The molecular weight excluding hydrogens is 356 g/mol. The number of hydrazone groups is 1. The van der Waals surface area contributed by atoms with Crippen molar-refractivity contribution in [3.63, 3.8) is 0 Å². The maximum atomic E-state index is 11.8. The Kier molecular flexibility index (Phi) is 7.95. The summed E-state index contributed by atoms with van der Waals surface area (Å²) >= 11 is 0. The molecule has 2 amide bonds. The van der Waals surface area contributed by atoms with Crippen LogP contribution in [0, 0.1) is 20.8 Å². The van der Waals surface area contributed by atoms with Crippen molar-refractivity contribution >= 4 is 18.0 Å². The highest BCUT2D eigenvalue weighted by Gasteiger charge is 2.10. The Balaban J connectivity index is 1.92. The first kappa shape index (κ1) is 21.4. The zero-order valence-electron chi connectivity index (χ0n) is 16.9. The first-order valence-corrected chi connectivity index (χ1v) is 9.26. The van der Waals surface area contributed by atoms with Crippen LogP contribution in [0.4, 0.5) is 0 Å². The molecule has 0 aliphatic rings. The molecule has 1 heterocycles. The van der Waals surface area contributed by atoms with E-state index in [2.05, 4.69) is 51.6 Å². The lowest BCUT2D eigenvalue weighted by Gasteiger charge is -2.09. The fourth-order valence-electron chi connectivity index (χ4n) is 2.88. The number of amides is 2. The van der Waals surface area contributed by atoms with Gasteiger partial charge in [-0.25, -0.2) is 5.43 Å². The topological polar surface area (TPSA) is 84.7 Å². The summed E-state index contributed by atoms with van der Waals surface area (Å²) in [5, 5.41) is 6.65. The number of aryl methyl sites for hydroxylation is 2. The van der Waals surface area contributed by atoms with Crippen LogP contribution < -0.4 is 10.7 Å². The first-order chi connectivity index (χ1) is 13.4. The van der Waals surface area contributed by atoms with Crippen molar-refractivity contribution in [2.45, 2.75) is 33.6 Å². The van der Waals surface area contributed by atoms with Crippen LogP contribution in [0.3, 0.4) is 0 Å². The number of carbonyl (C=O) groups is 2. The van der Waals surface area contributed by atoms with Crippen molar-refractivity contribution in [2.75, 3.05) is 20.3 Å². The van der Waals surface area contributed by atoms with Crippen LogP contribution in [0.15, 0.2) is 35.4 Å². The molecule has 0 bridgehead atoms. The molecule has 2 rings (SSSR count). The molecule has 0 radical (unpaired) electrons. The van der Waals surface area contributed by atoms with Crippen LogP contribution in [-0.4, -0.2) is 42.9 Å². The first-order valence-electron chi connectivity index (χ1n) is 9.26. The van der Waals surface area contributed by atoms with Gasteiger partial charge in [0, 0.05) is 42.9 Å². The van der Waals surface area contributed by atoms with E-state index in [1.807, 2.05) is 19.9 Å². The number of aromatic nitrogens is 1. The number of benzene rings is 1. The third-order valence-corrected chi connectivity index (χ3v) is 4.32. The van der Waals surface area contributed by atoms with Gasteiger partial charge in [-0.3, -0.25) is 9.59 Å². The van der Waals surface area contributed by atoms with Crippen LogP contribution in [0.2, 0.25) is 0 Å². The number of nitrogens with one attached hydrogen (secondary N) is 2. The minimum Gasteiger partial charge on any atom is -0.385 e. The van der Waals surface area contributed by atoms with Gasteiger partial charge in [0.15, 0.2) is 0 Å². The number of ether oxygens (including phenoxy) is 1. The molecule has 0 saturated heterocycles. The third kappa shape index (κ3) is 6.06. The van der Waals surface area contributed by atoms with Crippen LogP contribution in [0.25, 0.3) is 5.69 Å². The number of nitrogens with zero attached hydrogens (tertiary/aromatic N) is 2. The van der Waals surface area contributed by atoms with Gasteiger partial charge in [0.25, 0.3) is 0 Å². The Morgan fingerprint density at radius 3 is 2.54 bits per heavy atom. The molecule has 1 aromatic heterocycles. The van der Waals surface area contributed by atoms with Crippen LogP contribution in [-0.2, 0) is 14.3 Å². The summed E-state index contributed by atoms with van der Waals surface area (Å²) in [6.07, 6.45) is 2.05. The Hall–Kier alpha value is -2.93. The van der Waals surface area contributed by atoms with Gasteiger partial charge in [0.2, 0.25) is 11.8 Å². The van der Waals surface area contributed by atoms with Gasteiger partial charge in [0.1, 0.15) is 6.42 Å². The maximum absolute atomic E-state index is 11.8. The second kappa shape index (κ2) is 10.4. The Labute approximate surface area is 165 Å². The molecule has 0 saturated carbocycles. The van der Waals surface area contributed by atoms with E-state index in [1.54, 1.807) is 13.3 Å². The normalized spacial score (nSPS) is 11.0. The molecule has 1 aromatic carbocycles. The zero-order chi connectivity index (χ0) is 20.5. The highest BCUT2D eigenvalue weighted by molar-refractivity contribution is 5.97. The van der Waals surface area contributed by atoms with Gasteiger partial charge in [-0.15, -0.1) is 0 Å². The van der Waals surface area contributed by atoms with Crippen LogP contribution >= 0.6 is 0 Å². The third-order valence-electron chi connectivity index (χ3n) is 4.32. The summed E-state index contributed by atoms with van der Waals surface area (Å²) in [5.41, 5.74) is 7.69. The number of hydrogen-bond acceptors (Lipinski definition) is 4. The second-order valence-electron chi connectivity index (χ2n) is 6.66. The predicted molar refractivity (Wildman–Crippen MR) is 110 cm³/mol. The molecule has 7 heteroatoms. The molecule has 28 heavy (non-hydrogen) atoms. The van der Waals surface area contributed by atoms with Gasteiger partial charge >= 0.3 is 0 Å². The van der Waals surface area contributed by atoms with E-state index in [-0.39, 0.29) is 12.3 Å². The summed E-state index contributed by atoms with van der Waals surface area (Å²) in [6, 6.07) is 10.3. The summed E-state index contributed by atoms with van der Waals surface area (Å²) < 4.78 is 7.04. The molecule has 7 nitrogen and oxygen atoms in total. The summed E-state index contributed by atoms with van der Waals surface area (Å²) in [4.78, 5) is 23.5. The molecule has 0 aliphatic carbocycles. The van der Waals surface area contributed by atoms with Crippen molar-refractivity contribution in [3.05, 3.63) is 52.8 Å². The number of carbonyl (C=O) groups excluding carboxylic acids is 2. The van der Waals surface area contributed by atoms with Gasteiger partial charge in [-0.1, -0.05) is 17.7 Å². The van der Waals surface area contributed by atoms with E-state index in [1.165, 1.54) is 5.56 Å². The monoisotopic (exact) mass is 384 g/mol. The van der Waals surface area contributed by atoms with Gasteiger partial charge < -0.3 is 14.6 Å². The fourth-order valence-corrected chi connectivity index (χ4v) is 2.88. The van der Waals surface area contributed by atoms with Crippen molar-refractivity contribution < 1.29 is 14.3 Å². The van der Waals surface area contributed by atoms with E-state index < -0.39 is 5.91 Å². The molecule has 0 fully saturated rings. The molecule has 0 aliphatic heterocycles. The second-order valence-corrected chi connectivity index (χ2v) is 6.66. The average molecular weight is 384 g/mol. The molecule has 0 unspecified atom stereocenters. The highest BCUT2D eigenvalue weighted by atomic mass is 16.5. The number of methoxy groups -OCH3 is 1. The van der Waals surface area contributed by atoms with E-state index in [9.17, 15) is 9.59 Å². The van der Waals surface area contributed by atoms with E-state index in [4.69, 9.17) is 4.74 Å². The lowest BCUT2D eigenvalue weighted by atomic mass is 10.2. The van der Waals surface area contributed by atoms with E-state index in [0.717, 1.165) is 22.6 Å². The fraction of sp³-hybridized carbons (Fsp3) is 0.381. The molecule has 0 spiro atoms. The van der Waals surface area contributed by atoms with Crippen molar-refractivity contribution in [2.24, 2.45) is 5.10 Å². The number of rotatable bonds is 9. The molecule has 2 aromatic rings. The van der Waals surface area contributed by atoms with E-state index >= 15 is 0 Å². The van der Waals surface area contributed by atoms with Gasteiger partial charge in [-0.2, -0.15) is 5.10 Å². The molecule has 150 valence electrons. The highest BCUT2D eigenvalue weighted by Crippen LogP contribution is 2.20. The lowest BCUT2D eigenvalue weighted by Crippen LogP contribution is -2.30. The van der Waals surface area contributed by atoms with Crippen LogP contribution in [0.5, 0.6) is 0 Å². The lowest BCUT2D eigenvalue weighted by molar-refractivity contribution is -0.129. The van der Waals surface area contributed by atoms with E-state index in [0.29, 0.717) is 19.6 Å². The minimum atomic E-state index is -0.451. The summed E-state index contributed by atoms with van der Waals surface area (Å²) in [7, 11) is 1.60. The van der Waals surface area contributed by atoms with Crippen molar-refractivity contribution in [1.82, 2.24) is 15.3 Å². The quantitative estimate of drug-likeness (QED) is 0.301. The largest absolute Gasteiger partial charge is 0.385 e. The van der Waals surface area contributed by atoms with Gasteiger partial charge in [-0.05, 0) is 45.4 Å².